The van der Waals surface area contributed by atoms with Crippen LogP contribution in [0.15, 0.2) is 40.6 Å². The summed E-state index contributed by atoms with van der Waals surface area (Å²) in [6.45, 7) is 9.13. The van der Waals surface area contributed by atoms with Crippen LogP contribution in [0, 0.1) is 17.2 Å². The summed E-state index contributed by atoms with van der Waals surface area (Å²) in [5.41, 5.74) is 1.21. The van der Waals surface area contributed by atoms with E-state index in [1.54, 1.807) is 7.11 Å². The summed E-state index contributed by atoms with van der Waals surface area (Å²) in [4.78, 5) is 5.95. The van der Waals surface area contributed by atoms with Gasteiger partial charge in [-0.15, -0.1) is 0 Å². The Morgan fingerprint density at radius 3 is 2.38 bits per heavy atom. The Morgan fingerprint density at radius 1 is 1.14 bits per heavy atom. The van der Waals surface area contributed by atoms with Crippen molar-refractivity contribution in [3.05, 3.63) is 57.6 Å². The molecule has 204 valence electrons. The smallest absolute Gasteiger partial charge is 0.389 e. The summed E-state index contributed by atoms with van der Waals surface area (Å²) in [6, 6.07) is 2.38. The summed E-state index contributed by atoms with van der Waals surface area (Å²) in [5, 5.41) is 13.3. The van der Waals surface area contributed by atoms with E-state index in [-0.39, 0.29) is 22.9 Å². The van der Waals surface area contributed by atoms with Gasteiger partial charge in [-0.3, -0.25) is 9.90 Å². The molecule has 9 heteroatoms. The van der Waals surface area contributed by atoms with Crippen LogP contribution < -0.4 is 0 Å². The van der Waals surface area contributed by atoms with Crippen molar-refractivity contribution < 1.29 is 37.0 Å². The molecule has 1 aromatic rings. The summed E-state index contributed by atoms with van der Waals surface area (Å²) in [7, 11) is 1.58. The number of alkyl halides is 3. The summed E-state index contributed by atoms with van der Waals surface area (Å²) in [6.07, 6.45) is -4.05. The lowest BCUT2D eigenvalue weighted by Crippen LogP contribution is -2.52. The second-order valence-corrected chi connectivity index (χ2v) is 11.7. The Labute approximate surface area is 215 Å². The van der Waals surface area contributed by atoms with Crippen LogP contribution in [0.25, 0.3) is 0 Å². The number of fused-ring (bicyclic) bond motifs is 3. The highest BCUT2D eigenvalue weighted by atomic mass is 19.4. The predicted molar refractivity (Wildman–Crippen MR) is 129 cm³/mol. The first-order valence-electron chi connectivity index (χ1n) is 12.9. The Bertz CT molecular complexity index is 1130. The molecular weight excluding hydrogens is 490 g/mol. The van der Waals surface area contributed by atoms with Gasteiger partial charge in [0.25, 0.3) is 0 Å². The molecule has 0 aromatic heterocycles. The van der Waals surface area contributed by atoms with Gasteiger partial charge >= 0.3 is 6.18 Å². The van der Waals surface area contributed by atoms with Crippen molar-refractivity contribution in [3.63, 3.8) is 0 Å². The molecule has 3 unspecified atom stereocenters. The Morgan fingerprint density at radius 2 is 1.81 bits per heavy atom. The van der Waals surface area contributed by atoms with Gasteiger partial charge in [-0.25, -0.2) is 4.39 Å². The first kappa shape index (κ1) is 26.7. The number of hydrogen-bond acceptors (Lipinski definition) is 5. The number of hydrogen-bond donors (Lipinski definition) is 1. The van der Waals surface area contributed by atoms with Crippen molar-refractivity contribution in [3.8, 4) is 0 Å². The zero-order valence-corrected chi connectivity index (χ0v) is 21.9. The molecular formula is C28H35F4NO4. The van der Waals surface area contributed by atoms with E-state index in [0.717, 1.165) is 29.3 Å². The number of ether oxygens (including phenoxy) is 2. The van der Waals surface area contributed by atoms with E-state index in [9.17, 15) is 18.3 Å². The first-order valence-corrected chi connectivity index (χ1v) is 12.9. The van der Waals surface area contributed by atoms with E-state index in [4.69, 9.17) is 14.3 Å². The molecule has 3 atom stereocenters. The number of nitrogens with zero attached hydrogens (tertiary/aromatic N) is 1. The fourth-order valence-corrected chi connectivity index (χ4v) is 6.80. The molecule has 5 nitrogen and oxygen atoms in total. The van der Waals surface area contributed by atoms with Gasteiger partial charge in [-0.2, -0.15) is 13.2 Å². The maximum absolute atomic E-state index is 15.4. The zero-order chi connectivity index (χ0) is 26.9. The van der Waals surface area contributed by atoms with Crippen LogP contribution in [0.3, 0.4) is 0 Å². The van der Waals surface area contributed by atoms with Gasteiger partial charge in [-0.05, 0) is 47.5 Å². The fraction of sp³-hybridized carbons (Fsp3) is 0.643. The van der Waals surface area contributed by atoms with Crippen molar-refractivity contribution in [1.29, 1.82) is 0 Å². The molecule has 2 saturated heterocycles. The molecule has 1 spiro atoms. The van der Waals surface area contributed by atoms with Gasteiger partial charge in [0.15, 0.2) is 0 Å². The lowest BCUT2D eigenvalue weighted by molar-refractivity contribution is -0.150. The lowest BCUT2D eigenvalue weighted by Gasteiger charge is -2.51. The molecule has 4 aliphatic rings. The number of benzene rings is 1. The fourth-order valence-electron chi connectivity index (χ4n) is 6.80. The van der Waals surface area contributed by atoms with Gasteiger partial charge in [0, 0.05) is 37.2 Å². The van der Waals surface area contributed by atoms with E-state index >= 15 is 4.39 Å². The van der Waals surface area contributed by atoms with Gasteiger partial charge in [0.05, 0.1) is 36.1 Å². The van der Waals surface area contributed by atoms with Gasteiger partial charge in [-0.1, -0.05) is 33.8 Å². The minimum atomic E-state index is -4.66. The van der Waals surface area contributed by atoms with Crippen molar-refractivity contribution in [2.45, 2.75) is 83.4 Å². The molecule has 1 aromatic carbocycles. The van der Waals surface area contributed by atoms with E-state index in [2.05, 4.69) is 13.8 Å². The largest absolute Gasteiger partial charge is 0.416 e. The van der Waals surface area contributed by atoms with Crippen LogP contribution in [0.2, 0.25) is 0 Å². The molecule has 1 saturated carbocycles. The second-order valence-electron chi connectivity index (χ2n) is 11.7. The molecule has 37 heavy (non-hydrogen) atoms. The predicted octanol–water partition coefficient (Wildman–Crippen LogP) is 6.10. The maximum Gasteiger partial charge on any atom is 0.416 e. The number of allylic oxidation sites excluding steroid dienone is 1. The number of hydroxylamine groups is 2. The van der Waals surface area contributed by atoms with Gasteiger partial charge < -0.3 is 14.6 Å². The van der Waals surface area contributed by atoms with Crippen LogP contribution >= 0.6 is 0 Å². The third-order valence-corrected chi connectivity index (χ3v) is 8.28. The molecule has 3 heterocycles. The van der Waals surface area contributed by atoms with Crippen LogP contribution in [-0.2, 0) is 20.5 Å². The van der Waals surface area contributed by atoms with Crippen LogP contribution in [0.5, 0.6) is 0 Å². The van der Waals surface area contributed by atoms with Gasteiger partial charge in [0.2, 0.25) is 0 Å². The van der Waals surface area contributed by atoms with E-state index in [1.807, 2.05) is 18.9 Å². The molecule has 3 fully saturated rings. The van der Waals surface area contributed by atoms with Crippen molar-refractivity contribution in [2.24, 2.45) is 11.3 Å². The molecule has 3 aliphatic heterocycles. The summed E-state index contributed by atoms with van der Waals surface area (Å²) < 4.78 is 67.7. The number of rotatable bonds is 3. The molecule has 5 rings (SSSR count). The minimum absolute atomic E-state index is 0.0442. The van der Waals surface area contributed by atoms with Crippen molar-refractivity contribution in [1.82, 2.24) is 5.06 Å². The standard InChI is InChI=1S/C28H35F4NO4/c1-15(2)24-22-23(21-19(33(24)35-5)13-26(3,4)14-20(21)34)27(8-10-36-11-9-27)37-25(22)17-7-6-16(12-18(17)29)28(30,31)32/h6-7,12,15,19-20,25,34H,8-11,13-14H2,1-5H3. The average molecular weight is 526 g/mol. The molecule has 0 bridgehead atoms. The van der Waals surface area contributed by atoms with Gasteiger partial charge in [0.1, 0.15) is 11.9 Å². The molecule has 1 N–H and O–H groups in total. The molecule has 0 radical (unpaired) electrons. The SMILES string of the molecule is CON1C(C(C)C)=C2C(=C3C(O)CC(C)(C)CC31)C1(CCOCC1)OC2c1ccc(C(F)(F)F)cc1F. The normalized spacial score (nSPS) is 29.3. The van der Waals surface area contributed by atoms with E-state index in [1.165, 1.54) is 6.07 Å². The highest BCUT2D eigenvalue weighted by Crippen LogP contribution is 2.60. The maximum atomic E-state index is 15.4. The second kappa shape index (κ2) is 9.07. The highest BCUT2D eigenvalue weighted by molar-refractivity contribution is 5.58. The Balaban J connectivity index is 1.77. The number of aliphatic hydroxyl groups excluding tert-OH is 1. The topological polar surface area (TPSA) is 51.2 Å². The molecule has 1 aliphatic carbocycles. The van der Waals surface area contributed by atoms with Crippen LogP contribution in [0.4, 0.5) is 17.6 Å². The highest BCUT2D eigenvalue weighted by Gasteiger charge is 2.58. The van der Waals surface area contributed by atoms with E-state index < -0.39 is 35.4 Å². The number of halogens is 4. The zero-order valence-electron chi connectivity index (χ0n) is 21.9. The Hall–Kier alpha value is -1.94. The monoisotopic (exact) mass is 525 g/mol. The van der Waals surface area contributed by atoms with Crippen LogP contribution in [0.1, 0.15) is 70.6 Å². The molecule has 0 amide bonds. The third kappa shape index (κ3) is 4.32. The summed E-state index contributed by atoms with van der Waals surface area (Å²) in [5.74, 6) is -1.03. The summed E-state index contributed by atoms with van der Waals surface area (Å²) >= 11 is 0. The quantitative estimate of drug-likeness (QED) is 0.484. The van der Waals surface area contributed by atoms with Crippen molar-refractivity contribution in [2.75, 3.05) is 20.3 Å². The Kier molecular flexibility index (Phi) is 6.54. The van der Waals surface area contributed by atoms with Crippen molar-refractivity contribution >= 4 is 0 Å². The minimum Gasteiger partial charge on any atom is -0.389 e. The third-order valence-electron chi connectivity index (χ3n) is 8.28. The lowest BCUT2D eigenvalue weighted by atomic mass is 9.65. The number of aliphatic hydroxyl groups is 1. The van der Waals surface area contributed by atoms with Crippen LogP contribution in [-0.4, -0.2) is 48.2 Å². The average Bonchev–Trinajstić information content (AvgIpc) is 3.10. The first-order chi connectivity index (χ1) is 17.3. The van der Waals surface area contributed by atoms with E-state index in [0.29, 0.717) is 44.1 Å².